The lowest BCUT2D eigenvalue weighted by atomic mass is 9.87. The van der Waals surface area contributed by atoms with Crippen molar-refractivity contribution in [3.05, 3.63) is 70.9 Å². The van der Waals surface area contributed by atoms with E-state index >= 15 is 0 Å². The summed E-state index contributed by atoms with van der Waals surface area (Å²) in [5.41, 5.74) is 6.88. The van der Waals surface area contributed by atoms with E-state index in [4.69, 9.17) is 0 Å². The van der Waals surface area contributed by atoms with Gasteiger partial charge in [-0.05, 0) is 43.4 Å². The first-order chi connectivity index (χ1) is 12.0. The van der Waals surface area contributed by atoms with Crippen LogP contribution in [-0.2, 0) is 6.42 Å². The van der Waals surface area contributed by atoms with Crippen LogP contribution in [0.25, 0.3) is 10.9 Å². The second-order valence-corrected chi connectivity index (χ2v) is 8.02. The molecule has 2 heterocycles. The molecule has 2 aromatic carbocycles. The maximum absolute atomic E-state index is 3.76. The highest BCUT2D eigenvalue weighted by Crippen LogP contribution is 2.41. The lowest BCUT2D eigenvalue weighted by Crippen LogP contribution is -2.44. The highest BCUT2D eigenvalue weighted by molar-refractivity contribution is 5.85. The summed E-state index contributed by atoms with van der Waals surface area (Å²) >= 11 is 0. The summed E-state index contributed by atoms with van der Waals surface area (Å²) in [5, 5.41) is 1.39. The normalized spacial score (nSPS) is 21.0. The molecule has 0 aliphatic carbocycles. The fourth-order valence-corrected chi connectivity index (χ4v) is 4.32. The smallest absolute Gasteiger partial charge is 0.0759 e. The second kappa shape index (κ2) is 6.34. The van der Waals surface area contributed by atoms with E-state index in [2.05, 4.69) is 86.1 Å². The van der Waals surface area contributed by atoms with Crippen LogP contribution in [0.4, 0.5) is 0 Å². The van der Waals surface area contributed by atoms with Gasteiger partial charge in [0.25, 0.3) is 0 Å². The highest BCUT2D eigenvalue weighted by Gasteiger charge is 2.35. The molecule has 0 fully saturated rings. The molecule has 2 atom stereocenters. The van der Waals surface area contributed by atoms with E-state index in [-0.39, 0.29) is 0 Å². The minimum absolute atomic E-state index is 0.314. The number of fused-ring (bicyclic) bond motifs is 3. The quantitative estimate of drug-likeness (QED) is 0.674. The third-order valence-corrected chi connectivity index (χ3v) is 5.49. The van der Waals surface area contributed by atoms with E-state index < -0.39 is 0 Å². The lowest BCUT2D eigenvalue weighted by Gasteiger charge is -2.42. The number of H-pyrrole nitrogens is 1. The molecule has 0 radical (unpaired) electrons. The van der Waals surface area contributed by atoms with Crippen molar-refractivity contribution in [1.29, 1.82) is 0 Å². The zero-order valence-corrected chi connectivity index (χ0v) is 15.7. The third-order valence-electron chi connectivity index (χ3n) is 5.49. The Morgan fingerprint density at radius 3 is 2.52 bits per heavy atom. The van der Waals surface area contributed by atoms with Crippen LogP contribution < -0.4 is 0 Å². The Balaban J connectivity index is 1.90. The Morgan fingerprint density at radius 2 is 1.80 bits per heavy atom. The summed E-state index contributed by atoms with van der Waals surface area (Å²) in [6.45, 7) is 10.3. The maximum atomic E-state index is 3.76. The number of hydrogen-bond acceptors (Lipinski definition) is 1. The van der Waals surface area contributed by atoms with Gasteiger partial charge in [0.05, 0.1) is 6.04 Å². The highest BCUT2D eigenvalue weighted by atomic mass is 15.2. The van der Waals surface area contributed by atoms with Gasteiger partial charge in [-0.3, -0.25) is 4.90 Å². The van der Waals surface area contributed by atoms with Crippen molar-refractivity contribution in [1.82, 2.24) is 9.88 Å². The van der Waals surface area contributed by atoms with E-state index in [0.717, 1.165) is 13.0 Å². The van der Waals surface area contributed by atoms with Crippen molar-refractivity contribution in [3.63, 3.8) is 0 Å². The third kappa shape index (κ3) is 2.89. The monoisotopic (exact) mass is 332 g/mol. The van der Waals surface area contributed by atoms with E-state index in [0.29, 0.717) is 18.0 Å². The molecule has 25 heavy (non-hydrogen) atoms. The average Bonchev–Trinajstić information content (AvgIpc) is 2.94. The molecule has 2 nitrogen and oxygen atoms in total. The van der Waals surface area contributed by atoms with Crippen LogP contribution in [-0.4, -0.2) is 22.5 Å². The van der Waals surface area contributed by atoms with Crippen LogP contribution in [0, 0.1) is 12.8 Å². The van der Waals surface area contributed by atoms with Crippen molar-refractivity contribution in [2.75, 3.05) is 6.54 Å². The van der Waals surface area contributed by atoms with Crippen LogP contribution in [0.5, 0.6) is 0 Å². The van der Waals surface area contributed by atoms with Gasteiger partial charge in [-0.2, -0.15) is 0 Å². The van der Waals surface area contributed by atoms with Crippen LogP contribution >= 0.6 is 0 Å². The van der Waals surface area contributed by atoms with Crippen LogP contribution in [0.3, 0.4) is 0 Å². The first-order valence-corrected chi connectivity index (χ1v) is 9.46. The summed E-state index contributed by atoms with van der Waals surface area (Å²) in [7, 11) is 0. The number of rotatable bonds is 3. The number of nitrogens with one attached hydrogen (secondary N) is 1. The molecule has 0 amide bonds. The number of para-hydroxylation sites is 1. The molecule has 1 aromatic heterocycles. The first-order valence-electron chi connectivity index (χ1n) is 9.46. The van der Waals surface area contributed by atoms with Crippen molar-refractivity contribution in [3.8, 4) is 0 Å². The number of aryl methyl sites for hydroxylation is 1. The number of hydrogen-bond donors (Lipinski definition) is 1. The maximum Gasteiger partial charge on any atom is 0.0759 e. The molecule has 3 aromatic rings. The molecule has 0 saturated carbocycles. The minimum Gasteiger partial charge on any atom is -0.357 e. The molecule has 130 valence electrons. The standard InChI is InChI=1S/C23H28N2/c1-15(2)14-25-17(4)13-20-19-7-5-6-8-21(19)24-22(20)23(25)18-11-9-16(3)10-12-18/h5-12,15,17,23-24H,13-14H2,1-4H3/t17-,23-/m1/s1. The van der Waals surface area contributed by atoms with Crippen molar-refractivity contribution >= 4 is 10.9 Å². The van der Waals surface area contributed by atoms with Gasteiger partial charge in [0.15, 0.2) is 0 Å². The summed E-state index contributed by atoms with van der Waals surface area (Å²) in [6, 6.07) is 18.7. The van der Waals surface area contributed by atoms with E-state index in [9.17, 15) is 0 Å². The molecular weight excluding hydrogens is 304 g/mol. The van der Waals surface area contributed by atoms with Crippen molar-refractivity contribution in [2.45, 2.75) is 46.2 Å². The van der Waals surface area contributed by atoms with Gasteiger partial charge < -0.3 is 4.98 Å². The van der Waals surface area contributed by atoms with E-state index in [1.54, 1.807) is 0 Å². The summed E-state index contributed by atoms with van der Waals surface area (Å²) in [6.07, 6.45) is 1.12. The number of aromatic amines is 1. The van der Waals surface area contributed by atoms with Gasteiger partial charge in [-0.15, -0.1) is 0 Å². The lowest BCUT2D eigenvalue weighted by molar-refractivity contribution is 0.131. The van der Waals surface area contributed by atoms with Crippen molar-refractivity contribution < 1.29 is 0 Å². The molecular formula is C23H28N2. The van der Waals surface area contributed by atoms with Crippen LogP contribution in [0.2, 0.25) is 0 Å². The number of benzene rings is 2. The Labute approximate surface area is 150 Å². The van der Waals surface area contributed by atoms with Gasteiger partial charge in [-0.1, -0.05) is 61.9 Å². The summed E-state index contributed by atoms with van der Waals surface area (Å²) < 4.78 is 0. The molecule has 0 unspecified atom stereocenters. The predicted molar refractivity (Wildman–Crippen MR) is 106 cm³/mol. The largest absolute Gasteiger partial charge is 0.357 e. The molecule has 0 bridgehead atoms. The molecule has 0 saturated heterocycles. The molecule has 4 rings (SSSR count). The predicted octanol–water partition coefficient (Wildman–Crippen LogP) is 5.47. The van der Waals surface area contributed by atoms with Crippen LogP contribution in [0.1, 0.15) is 49.2 Å². The molecule has 1 aliphatic rings. The topological polar surface area (TPSA) is 19.0 Å². The van der Waals surface area contributed by atoms with E-state index in [1.807, 2.05) is 0 Å². The van der Waals surface area contributed by atoms with Gasteiger partial charge >= 0.3 is 0 Å². The second-order valence-electron chi connectivity index (χ2n) is 8.02. The van der Waals surface area contributed by atoms with Crippen molar-refractivity contribution in [2.24, 2.45) is 5.92 Å². The number of aromatic nitrogens is 1. The van der Waals surface area contributed by atoms with Gasteiger partial charge in [0.2, 0.25) is 0 Å². The Kier molecular flexibility index (Phi) is 4.16. The zero-order chi connectivity index (χ0) is 17.6. The molecule has 1 N–H and O–H groups in total. The Morgan fingerprint density at radius 1 is 1.08 bits per heavy atom. The van der Waals surface area contributed by atoms with Gasteiger partial charge in [0, 0.05) is 29.2 Å². The Hall–Kier alpha value is -2.06. The molecule has 2 heteroatoms. The molecule has 0 spiro atoms. The van der Waals surface area contributed by atoms with Gasteiger partial charge in [0.1, 0.15) is 0 Å². The first kappa shape index (κ1) is 16.4. The molecule has 1 aliphatic heterocycles. The fraction of sp³-hybridized carbons (Fsp3) is 0.391. The minimum atomic E-state index is 0.314. The van der Waals surface area contributed by atoms with Gasteiger partial charge in [-0.25, -0.2) is 0 Å². The van der Waals surface area contributed by atoms with E-state index in [1.165, 1.54) is 33.3 Å². The average molecular weight is 332 g/mol. The zero-order valence-electron chi connectivity index (χ0n) is 15.7. The van der Waals surface area contributed by atoms with Crippen LogP contribution in [0.15, 0.2) is 48.5 Å². The number of nitrogens with zero attached hydrogens (tertiary/aromatic N) is 1. The Bertz CT molecular complexity index is 873. The summed E-state index contributed by atoms with van der Waals surface area (Å²) in [5.74, 6) is 0.654. The summed E-state index contributed by atoms with van der Waals surface area (Å²) in [4.78, 5) is 6.45. The SMILES string of the molecule is Cc1ccc([C@@H]2c3[nH]c4ccccc4c3C[C@@H](C)N2CC(C)C)cc1. The fourth-order valence-electron chi connectivity index (χ4n) is 4.32.